The lowest BCUT2D eigenvalue weighted by atomic mass is 9.86. The summed E-state index contributed by atoms with van der Waals surface area (Å²) in [7, 11) is 0. The van der Waals surface area contributed by atoms with Crippen LogP contribution in [0.4, 0.5) is 0 Å². The lowest BCUT2D eigenvalue weighted by Crippen LogP contribution is -2.59. The van der Waals surface area contributed by atoms with Crippen molar-refractivity contribution in [2.45, 2.75) is 25.3 Å². The first-order valence-electron chi connectivity index (χ1n) is 5.63. The Morgan fingerprint density at radius 3 is 2.40 bits per heavy atom. The Balaban J connectivity index is 1.94. The van der Waals surface area contributed by atoms with Crippen molar-refractivity contribution in [3.8, 4) is 0 Å². The average Bonchev–Trinajstić information content (AvgIpc) is 2.17. The number of benzene rings is 1. The van der Waals surface area contributed by atoms with Crippen LogP contribution < -0.4 is 5.73 Å². The zero-order valence-electron chi connectivity index (χ0n) is 9.61. The van der Waals surface area contributed by atoms with Gasteiger partial charge in [0, 0.05) is 31.1 Å². The van der Waals surface area contributed by atoms with Gasteiger partial charge in [-0.1, -0.05) is 30.3 Å². The Hall–Kier alpha value is -0.860. The zero-order chi connectivity index (χ0) is 10.9. The van der Waals surface area contributed by atoms with E-state index in [9.17, 15) is 0 Å². The topological polar surface area (TPSA) is 29.3 Å². The maximum Gasteiger partial charge on any atom is 0.0275 e. The van der Waals surface area contributed by atoms with Crippen LogP contribution in [0.1, 0.15) is 25.3 Å². The Morgan fingerprint density at radius 2 is 1.87 bits per heavy atom. The standard InChI is InChI=1S/C13H20N2/c1-13(2,10-14)15-8-12(9-15)11-6-4-3-5-7-11/h3-7,12H,8-10,14H2,1-2H3. The second-order valence-electron chi connectivity index (χ2n) is 5.03. The van der Waals surface area contributed by atoms with Gasteiger partial charge >= 0.3 is 0 Å². The summed E-state index contributed by atoms with van der Waals surface area (Å²) in [5, 5.41) is 0. The van der Waals surface area contributed by atoms with Crippen LogP contribution in [0.15, 0.2) is 30.3 Å². The van der Waals surface area contributed by atoms with Crippen molar-refractivity contribution in [1.82, 2.24) is 4.90 Å². The first kappa shape index (κ1) is 10.7. The van der Waals surface area contributed by atoms with Gasteiger partial charge in [0.15, 0.2) is 0 Å². The third-order valence-electron chi connectivity index (χ3n) is 3.51. The number of nitrogens with zero attached hydrogens (tertiary/aromatic N) is 1. The molecule has 0 bridgehead atoms. The summed E-state index contributed by atoms with van der Waals surface area (Å²) >= 11 is 0. The van der Waals surface area contributed by atoms with Gasteiger partial charge in [-0.3, -0.25) is 4.90 Å². The van der Waals surface area contributed by atoms with E-state index in [0.717, 1.165) is 19.6 Å². The van der Waals surface area contributed by atoms with Crippen molar-refractivity contribution in [2.75, 3.05) is 19.6 Å². The number of nitrogens with two attached hydrogens (primary N) is 1. The zero-order valence-corrected chi connectivity index (χ0v) is 9.61. The Morgan fingerprint density at radius 1 is 1.27 bits per heavy atom. The Labute approximate surface area is 92.1 Å². The molecule has 2 heteroatoms. The number of likely N-dealkylation sites (tertiary alicyclic amines) is 1. The molecule has 0 atom stereocenters. The molecule has 0 aromatic heterocycles. The van der Waals surface area contributed by atoms with Gasteiger partial charge in [-0.05, 0) is 19.4 Å². The molecule has 2 rings (SSSR count). The highest BCUT2D eigenvalue weighted by Gasteiger charge is 2.36. The quantitative estimate of drug-likeness (QED) is 0.814. The molecule has 1 fully saturated rings. The molecule has 15 heavy (non-hydrogen) atoms. The minimum Gasteiger partial charge on any atom is -0.329 e. The molecule has 2 nitrogen and oxygen atoms in total. The number of hydrogen-bond acceptors (Lipinski definition) is 2. The van der Waals surface area contributed by atoms with E-state index in [4.69, 9.17) is 5.73 Å². The normalized spacial score (nSPS) is 18.9. The predicted molar refractivity (Wildman–Crippen MR) is 63.9 cm³/mol. The first-order valence-corrected chi connectivity index (χ1v) is 5.63. The van der Waals surface area contributed by atoms with E-state index < -0.39 is 0 Å². The molecular weight excluding hydrogens is 184 g/mol. The fourth-order valence-corrected chi connectivity index (χ4v) is 2.04. The minimum absolute atomic E-state index is 0.158. The lowest BCUT2D eigenvalue weighted by Gasteiger charge is -2.49. The maximum atomic E-state index is 5.76. The summed E-state index contributed by atoms with van der Waals surface area (Å²) < 4.78 is 0. The van der Waals surface area contributed by atoms with Crippen LogP contribution in [-0.2, 0) is 0 Å². The summed E-state index contributed by atoms with van der Waals surface area (Å²) in [6.45, 7) is 7.46. The van der Waals surface area contributed by atoms with Crippen LogP contribution in [-0.4, -0.2) is 30.1 Å². The fraction of sp³-hybridized carbons (Fsp3) is 0.538. The summed E-state index contributed by atoms with van der Waals surface area (Å²) in [4.78, 5) is 2.46. The van der Waals surface area contributed by atoms with Gasteiger partial charge in [0.2, 0.25) is 0 Å². The molecule has 0 saturated carbocycles. The van der Waals surface area contributed by atoms with E-state index in [-0.39, 0.29) is 5.54 Å². The minimum atomic E-state index is 0.158. The molecule has 0 aliphatic carbocycles. The molecule has 1 saturated heterocycles. The summed E-state index contributed by atoms with van der Waals surface area (Å²) in [5.41, 5.74) is 7.38. The van der Waals surface area contributed by atoms with E-state index in [1.165, 1.54) is 5.56 Å². The van der Waals surface area contributed by atoms with Crippen LogP contribution in [0.3, 0.4) is 0 Å². The van der Waals surface area contributed by atoms with Crippen LogP contribution >= 0.6 is 0 Å². The summed E-state index contributed by atoms with van der Waals surface area (Å²) in [6, 6.07) is 10.7. The molecule has 0 spiro atoms. The van der Waals surface area contributed by atoms with Gasteiger partial charge in [-0.15, -0.1) is 0 Å². The fourth-order valence-electron chi connectivity index (χ4n) is 2.04. The molecule has 0 amide bonds. The van der Waals surface area contributed by atoms with Gasteiger partial charge in [0.1, 0.15) is 0 Å². The SMILES string of the molecule is CC(C)(CN)N1CC(c2ccccc2)C1. The molecule has 0 unspecified atom stereocenters. The molecule has 2 N–H and O–H groups in total. The highest BCUT2D eigenvalue weighted by Crippen LogP contribution is 2.31. The third-order valence-corrected chi connectivity index (χ3v) is 3.51. The largest absolute Gasteiger partial charge is 0.329 e. The summed E-state index contributed by atoms with van der Waals surface area (Å²) in [5.74, 6) is 0.706. The molecule has 1 aliphatic rings. The van der Waals surface area contributed by atoms with E-state index in [1.807, 2.05) is 0 Å². The Bertz CT molecular complexity index is 313. The highest BCUT2D eigenvalue weighted by molar-refractivity contribution is 5.23. The van der Waals surface area contributed by atoms with Crippen molar-refractivity contribution in [3.63, 3.8) is 0 Å². The van der Waals surface area contributed by atoms with Gasteiger partial charge < -0.3 is 5.73 Å². The van der Waals surface area contributed by atoms with Crippen molar-refractivity contribution >= 4 is 0 Å². The molecular formula is C13H20N2. The van der Waals surface area contributed by atoms with Crippen molar-refractivity contribution < 1.29 is 0 Å². The van der Waals surface area contributed by atoms with Gasteiger partial charge in [0.05, 0.1) is 0 Å². The van der Waals surface area contributed by atoms with E-state index >= 15 is 0 Å². The smallest absolute Gasteiger partial charge is 0.0275 e. The van der Waals surface area contributed by atoms with Gasteiger partial charge in [-0.25, -0.2) is 0 Å². The second kappa shape index (κ2) is 3.95. The second-order valence-corrected chi connectivity index (χ2v) is 5.03. The van der Waals surface area contributed by atoms with E-state index in [2.05, 4.69) is 49.1 Å². The third kappa shape index (κ3) is 2.06. The molecule has 1 aromatic rings. The van der Waals surface area contributed by atoms with Crippen LogP contribution in [0.5, 0.6) is 0 Å². The predicted octanol–water partition coefficient (Wildman–Crippen LogP) is 1.82. The van der Waals surface area contributed by atoms with Crippen LogP contribution in [0.25, 0.3) is 0 Å². The monoisotopic (exact) mass is 204 g/mol. The first-order chi connectivity index (χ1) is 7.13. The maximum absolute atomic E-state index is 5.76. The van der Waals surface area contributed by atoms with Crippen molar-refractivity contribution in [3.05, 3.63) is 35.9 Å². The highest BCUT2D eigenvalue weighted by atomic mass is 15.3. The van der Waals surface area contributed by atoms with Gasteiger partial charge in [-0.2, -0.15) is 0 Å². The Kier molecular flexibility index (Phi) is 2.81. The van der Waals surface area contributed by atoms with Gasteiger partial charge in [0.25, 0.3) is 0 Å². The molecule has 0 radical (unpaired) electrons. The van der Waals surface area contributed by atoms with Crippen LogP contribution in [0, 0.1) is 0 Å². The molecule has 1 aliphatic heterocycles. The molecule has 82 valence electrons. The number of rotatable bonds is 3. The lowest BCUT2D eigenvalue weighted by molar-refractivity contribution is 0.0405. The van der Waals surface area contributed by atoms with Crippen molar-refractivity contribution in [1.29, 1.82) is 0 Å². The number of hydrogen-bond donors (Lipinski definition) is 1. The summed E-state index contributed by atoms with van der Waals surface area (Å²) in [6.07, 6.45) is 0. The molecule has 1 aromatic carbocycles. The van der Waals surface area contributed by atoms with E-state index in [1.54, 1.807) is 0 Å². The van der Waals surface area contributed by atoms with E-state index in [0.29, 0.717) is 5.92 Å². The van der Waals surface area contributed by atoms with Crippen LogP contribution in [0.2, 0.25) is 0 Å². The van der Waals surface area contributed by atoms with Crippen molar-refractivity contribution in [2.24, 2.45) is 5.73 Å². The molecule has 1 heterocycles. The average molecular weight is 204 g/mol.